The average molecular weight is 314 g/mol. The Labute approximate surface area is 130 Å². The molecule has 0 amide bonds. The number of benzene rings is 1. The van der Waals surface area contributed by atoms with Gasteiger partial charge in [0.05, 0.1) is 18.1 Å². The monoisotopic (exact) mass is 314 g/mol. The topological polar surface area (TPSA) is 72.2 Å². The third-order valence-electron chi connectivity index (χ3n) is 3.48. The van der Waals surface area contributed by atoms with Gasteiger partial charge in [-0.05, 0) is 12.5 Å². The first-order valence-electron chi connectivity index (χ1n) is 6.83. The number of rotatable bonds is 4. The minimum atomic E-state index is -0.934. The van der Waals surface area contributed by atoms with E-state index in [4.69, 9.17) is 5.11 Å². The molecular weight excluding hydrogens is 300 g/mol. The minimum Gasteiger partial charge on any atom is -0.481 e. The lowest BCUT2D eigenvalue weighted by Crippen LogP contribution is -2.21. The van der Waals surface area contributed by atoms with Gasteiger partial charge in [0, 0.05) is 17.0 Å². The maximum Gasteiger partial charge on any atom is 0.305 e. The van der Waals surface area contributed by atoms with Gasteiger partial charge in [-0.1, -0.05) is 30.3 Å². The van der Waals surface area contributed by atoms with E-state index in [9.17, 15) is 9.59 Å². The van der Waals surface area contributed by atoms with Crippen LogP contribution in [-0.2, 0) is 11.3 Å². The van der Waals surface area contributed by atoms with E-state index in [2.05, 4.69) is 4.98 Å². The molecule has 2 aromatic heterocycles. The van der Waals surface area contributed by atoms with Crippen molar-refractivity contribution >= 4 is 27.5 Å². The summed E-state index contributed by atoms with van der Waals surface area (Å²) in [5.74, 6) is -0.934. The Kier molecular flexibility index (Phi) is 3.77. The largest absolute Gasteiger partial charge is 0.481 e. The molecule has 0 fully saturated rings. The van der Waals surface area contributed by atoms with E-state index in [0.29, 0.717) is 10.2 Å². The number of aryl methyl sites for hydroxylation is 2. The molecule has 1 aromatic carbocycles. The average Bonchev–Trinajstić information content (AvgIpc) is 2.84. The van der Waals surface area contributed by atoms with Crippen LogP contribution in [0, 0.1) is 6.92 Å². The highest BCUT2D eigenvalue weighted by molar-refractivity contribution is 7.19. The second-order valence-corrected chi connectivity index (χ2v) is 6.17. The summed E-state index contributed by atoms with van der Waals surface area (Å²) in [5.41, 5.74) is 1.68. The molecule has 22 heavy (non-hydrogen) atoms. The standard InChI is InChI=1S/C16H14N2O3S/c1-10-13(11-5-3-2-4-6-11)14-15(22-10)17-9-18(16(14)21)8-7-12(19)20/h2-6,9H,7-8H2,1H3,(H,19,20). The fourth-order valence-corrected chi connectivity index (χ4v) is 3.47. The first-order valence-corrected chi connectivity index (χ1v) is 7.65. The fraction of sp³-hybridized carbons (Fsp3) is 0.188. The molecule has 0 aliphatic carbocycles. The van der Waals surface area contributed by atoms with Crippen molar-refractivity contribution in [2.75, 3.05) is 0 Å². The van der Waals surface area contributed by atoms with Crippen LogP contribution in [-0.4, -0.2) is 20.6 Å². The highest BCUT2D eigenvalue weighted by Gasteiger charge is 2.16. The number of nitrogens with zero attached hydrogens (tertiary/aromatic N) is 2. The van der Waals surface area contributed by atoms with Crippen molar-refractivity contribution in [1.29, 1.82) is 0 Å². The maximum atomic E-state index is 12.7. The van der Waals surface area contributed by atoms with Gasteiger partial charge >= 0.3 is 5.97 Å². The van der Waals surface area contributed by atoms with E-state index >= 15 is 0 Å². The molecule has 6 heteroatoms. The van der Waals surface area contributed by atoms with Crippen LogP contribution in [0.2, 0.25) is 0 Å². The normalized spacial score (nSPS) is 11.0. The molecule has 2 heterocycles. The van der Waals surface area contributed by atoms with Crippen LogP contribution in [0.5, 0.6) is 0 Å². The molecule has 0 aliphatic heterocycles. The number of aromatic nitrogens is 2. The molecule has 0 atom stereocenters. The number of hydrogen-bond donors (Lipinski definition) is 1. The maximum absolute atomic E-state index is 12.7. The number of hydrogen-bond acceptors (Lipinski definition) is 4. The van der Waals surface area contributed by atoms with Crippen LogP contribution < -0.4 is 5.56 Å². The highest BCUT2D eigenvalue weighted by atomic mass is 32.1. The third kappa shape index (κ3) is 2.53. The molecule has 0 spiro atoms. The SMILES string of the molecule is Cc1sc2ncn(CCC(=O)O)c(=O)c2c1-c1ccccc1. The quantitative estimate of drug-likeness (QED) is 0.803. The molecule has 112 valence electrons. The molecule has 1 N–H and O–H groups in total. The number of carbonyl (C=O) groups is 1. The number of aliphatic carboxylic acids is 1. The third-order valence-corrected chi connectivity index (χ3v) is 4.50. The number of thiophene rings is 1. The van der Waals surface area contributed by atoms with Gasteiger partial charge in [0.1, 0.15) is 4.83 Å². The van der Waals surface area contributed by atoms with E-state index in [1.807, 2.05) is 37.3 Å². The minimum absolute atomic E-state index is 0.100. The number of carboxylic acid groups (broad SMARTS) is 1. The van der Waals surface area contributed by atoms with Crippen molar-refractivity contribution in [2.45, 2.75) is 19.9 Å². The summed E-state index contributed by atoms with van der Waals surface area (Å²) in [6.45, 7) is 2.09. The summed E-state index contributed by atoms with van der Waals surface area (Å²) < 4.78 is 1.37. The Morgan fingerprint density at radius 1 is 1.32 bits per heavy atom. The van der Waals surface area contributed by atoms with E-state index in [1.165, 1.54) is 22.2 Å². The summed E-state index contributed by atoms with van der Waals surface area (Å²) in [6.07, 6.45) is 1.33. The van der Waals surface area contributed by atoms with E-state index in [1.54, 1.807) is 0 Å². The molecule has 0 bridgehead atoms. The lowest BCUT2D eigenvalue weighted by molar-refractivity contribution is -0.137. The van der Waals surface area contributed by atoms with Crippen molar-refractivity contribution in [3.05, 3.63) is 51.9 Å². The predicted octanol–water partition coefficient (Wildman–Crippen LogP) is 2.91. The second kappa shape index (κ2) is 5.73. The highest BCUT2D eigenvalue weighted by Crippen LogP contribution is 2.35. The zero-order valence-corrected chi connectivity index (χ0v) is 12.8. The Morgan fingerprint density at radius 2 is 2.05 bits per heavy atom. The second-order valence-electron chi connectivity index (χ2n) is 4.97. The Hall–Kier alpha value is -2.47. The van der Waals surface area contributed by atoms with Crippen LogP contribution in [0.15, 0.2) is 41.5 Å². The van der Waals surface area contributed by atoms with E-state index in [0.717, 1.165) is 16.0 Å². The number of carboxylic acids is 1. The first-order chi connectivity index (χ1) is 10.6. The summed E-state index contributed by atoms with van der Waals surface area (Å²) in [4.78, 5) is 29.4. The number of fused-ring (bicyclic) bond motifs is 1. The molecule has 5 nitrogen and oxygen atoms in total. The van der Waals surface area contributed by atoms with Gasteiger partial charge < -0.3 is 5.11 Å². The van der Waals surface area contributed by atoms with Crippen molar-refractivity contribution in [3.8, 4) is 11.1 Å². The molecule has 0 unspecified atom stereocenters. The zero-order chi connectivity index (χ0) is 15.7. The van der Waals surface area contributed by atoms with Gasteiger partial charge in [0.25, 0.3) is 5.56 Å². The summed E-state index contributed by atoms with van der Waals surface area (Å²) in [7, 11) is 0. The Morgan fingerprint density at radius 3 is 2.73 bits per heavy atom. The van der Waals surface area contributed by atoms with Gasteiger partial charge in [-0.2, -0.15) is 0 Å². The molecule has 3 rings (SSSR count). The zero-order valence-electron chi connectivity index (χ0n) is 11.9. The van der Waals surface area contributed by atoms with Crippen molar-refractivity contribution in [3.63, 3.8) is 0 Å². The Bertz CT molecular complexity index is 897. The molecule has 3 aromatic rings. The van der Waals surface area contributed by atoms with Crippen LogP contribution in [0.1, 0.15) is 11.3 Å². The van der Waals surface area contributed by atoms with Crippen molar-refractivity contribution in [1.82, 2.24) is 9.55 Å². The summed E-state index contributed by atoms with van der Waals surface area (Å²) in [6, 6.07) is 9.71. The van der Waals surface area contributed by atoms with Gasteiger partial charge in [-0.25, -0.2) is 4.98 Å². The van der Waals surface area contributed by atoms with Crippen LogP contribution in [0.3, 0.4) is 0 Å². The summed E-state index contributed by atoms with van der Waals surface area (Å²) in [5, 5.41) is 9.35. The summed E-state index contributed by atoms with van der Waals surface area (Å²) >= 11 is 1.48. The smallest absolute Gasteiger partial charge is 0.305 e. The van der Waals surface area contributed by atoms with Gasteiger partial charge in [-0.15, -0.1) is 11.3 Å². The lowest BCUT2D eigenvalue weighted by atomic mass is 10.0. The first kappa shape index (κ1) is 14.5. The van der Waals surface area contributed by atoms with Gasteiger partial charge in [0.2, 0.25) is 0 Å². The lowest BCUT2D eigenvalue weighted by Gasteiger charge is -2.05. The van der Waals surface area contributed by atoms with E-state index in [-0.39, 0.29) is 18.5 Å². The van der Waals surface area contributed by atoms with Gasteiger partial charge in [-0.3, -0.25) is 14.2 Å². The van der Waals surface area contributed by atoms with Crippen LogP contribution >= 0.6 is 11.3 Å². The van der Waals surface area contributed by atoms with Crippen molar-refractivity contribution < 1.29 is 9.90 Å². The molecule has 0 aliphatic rings. The van der Waals surface area contributed by atoms with Crippen molar-refractivity contribution in [2.24, 2.45) is 0 Å². The van der Waals surface area contributed by atoms with Gasteiger partial charge in [0.15, 0.2) is 0 Å². The Balaban J connectivity index is 2.21. The molecular formula is C16H14N2O3S. The van der Waals surface area contributed by atoms with Crippen LogP contribution in [0.4, 0.5) is 0 Å². The van der Waals surface area contributed by atoms with E-state index < -0.39 is 5.97 Å². The van der Waals surface area contributed by atoms with Crippen LogP contribution in [0.25, 0.3) is 21.3 Å². The fourth-order valence-electron chi connectivity index (χ4n) is 2.47. The molecule has 0 saturated carbocycles. The predicted molar refractivity (Wildman–Crippen MR) is 86.3 cm³/mol. The molecule has 0 radical (unpaired) electrons. The molecule has 0 saturated heterocycles.